The van der Waals surface area contributed by atoms with Gasteiger partial charge in [-0.05, 0) is 24.1 Å². The maximum Gasteiger partial charge on any atom is 0.119 e. The van der Waals surface area contributed by atoms with Crippen LogP contribution in [0.1, 0.15) is 31.4 Å². The van der Waals surface area contributed by atoms with Crippen molar-refractivity contribution in [1.29, 1.82) is 0 Å². The third kappa shape index (κ3) is 5.49. The second kappa shape index (κ2) is 8.91. The lowest BCUT2D eigenvalue weighted by Crippen LogP contribution is -2.12. The molecule has 0 radical (unpaired) electrons. The van der Waals surface area contributed by atoms with Crippen LogP contribution in [0.4, 0.5) is 0 Å². The van der Waals surface area contributed by atoms with Crippen molar-refractivity contribution in [3.63, 3.8) is 0 Å². The molecule has 0 saturated heterocycles. The number of ether oxygens (including phenoxy) is 2. The molecule has 3 N–H and O–H groups in total. The fourth-order valence-electron chi connectivity index (χ4n) is 1.51. The molecule has 1 aromatic carbocycles. The number of hydrogen-bond acceptors (Lipinski definition) is 4. The van der Waals surface area contributed by atoms with Gasteiger partial charge in [-0.3, -0.25) is 0 Å². The fourth-order valence-corrected chi connectivity index (χ4v) is 1.51. The molecule has 0 aliphatic carbocycles. The zero-order valence-corrected chi connectivity index (χ0v) is 11.0. The molecule has 1 aromatic rings. The lowest BCUT2D eigenvalue weighted by atomic mass is 10.1. The van der Waals surface area contributed by atoms with E-state index in [1.165, 1.54) is 0 Å². The second-order valence-electron chi connectivity index (χ2n) is 4.14. The Bertz CT molecular complexity index is 331. The van der Waals surface area contributed by atoms with Gasteiger partial charge in [-0.2, -0.15) is 0 Å². The normalized spacial score (nSPS) is 12.4. The van der Waals surface area contributed by atoms with Crippen molar-refractivity contribution in [2.24, 2.45) is 5.73 Å². The lowest BCUT2D eigenvalue weighted by Gasteiger charge is -2.11. The first-order valence-electron chi connectivity index (χ1n) is 6.46. The van der Waals surface area contributed by atoms with Crippen LogP contribution in [0.3, 0.4) is 0 Å². The molecular weight excluding hydrogens is 230 g/mol. The summed E-state index contributed by atoms with van der Waals surface area (Å²) in [5, 5.41) is 9.62. The summed E-state index contributed by atoms with van der Waals surface area (Å²) in [5.41, 5.74) is 6.19. The van der Waals surface area contributed by atoms with Crippen LogP contribution in [-0.2, 0) is 4.74 Å². The smallest absolute Gasteiger partial charge is 0.119 e. The maximum absolute atomic E-state index is 9.62. The molecule has 18 heavy (non-hydrogen) atoms. The van der Waals surface area contributed by atoms with Crippen LogP contribution in [0.25, 0.3) is 0 Å². The summed E-state index contributed by atoms with van der Waals surface area (Å²) < 4.78 is 10.9. The SMILES string of the molecule is CCCCOCCOc1cccc([C@@H](O)CN)c1. The summed E-state index contributed by atoms with van der Waals surface area (Å²) in [7, 11) is 0. The van der Waals surface area contributed by atoms with E-state index in [2.05, 4.69) is 6.92 Å². The van der Waals surface area contributed by atoms with Crippen molar-refractivity contribution in [3.8, 4) is 5.75 Å². The number of rotatable bonds is 9. The van der Waals surface area contributed by atoms with E-state index in [-0.39, 0.29) is 6.54 Å². The van der Waals surface area contributed by atoms with Gasteiger partial charge in [0.15, 0.2) is 0 Å². The number of unbranched alkanes of at least 4 members (excludes halogenated alkanes) is 1. The standard InChI is InChI=1S/C14H23NO3/c1-2-3-7-17-8-9-18-13-6-4-5-12(10-13)14(16)11-15/h4-6,10,14,16H,2-3,7-9,11,15H2,1H3/t14-/m0/s1. The third-order valence-electron chi connectivity index (χ3n) is 2.60. The Kier molecular flexibility index (Phi) is 7.41. The quantitative estimate of drug-likeness (QED) is 0.659. The minimum absolute atomic E-state index is 0.212. The van der Waals surface area contributed by atoms with Gasteiger partial charge in [0.2, 0.25) is 0 Å². The van der Waals surface area contributed by atoms with Crippen LogP contribution in [-0.4, -0.2) is 31.5 Å². The highest BCUT2D eigenvalue weighted by Crippen LogP contribution is 2.18. The van der Waals surface area contributed by atoms with Gasteiger partial charge in [0.1, 0.15) is 12.4 Å². The topological polar surface area (TPSA) is 64.7 Å². The Morgan fingerprint density at radius 2 is 2.11 bits per heavy atom. The molecule has 0 spiro atoms. The Morgan fingerprint density at radius 1 is 1.28 bits per heavy atom. The number of nitrogens with two attached hydrogens (primary N) is 1. The van der Waals surface area contributed by atoms with Gasteiger partial charge < -0.3 is 20.3 Å². The summed E-state index contributed by atoms with van der Waals surface area (Å²) >= 11 is 0. The summed E-state index contributed by atoms with van der Waals surface area (Å²) in [6, 6.07) is 7.35. The van der Waals surface area contributed by atoms with Gasteiger partial charge in [0.25, 0.3) is 0 Å². The van der Waals surface area contributed by atoms with Gasteiger partial charge in [-0.1, -0.05) is 25.5 Å². The molecule has 102 valence electrons. The first-order valence-corrected chi connectivity index (χ1v) is 6.46. The number of benzene rings is 1. The zero-order valence-electron chi connectivity index (χ0n) is 11.0. The van der Waals surface area contributed by atoms with Crippen molar-refractivity contribution in [2.75, 3.05) is 26.4 Å². The summed E-state index contributed by atoms with van der Waals surface area (Å²) in [6.07, 6.45) is 1.59. The molecule has 4 heteroatoms. The predicted octanol–water partition coefficient (Wildman–Crippen LogP) is 1.87. The van der Waals surface area contributed by atoms with Crippen molar-refractivity contribution < 1.29 is 14.6 Å². The molecule has 4 nitrogen and oxygen atoms in total. The minimum Gasteiger partial charge on any atom is -0.491 e. The molecule has 0 bridgehead atoms. The Hall–Kier alpha value is -1.10. The molecule has 0 aliphatic rings. The van der Waals surface area contributed by atoms with Crippen molar-refractivity contribution >= 4 is 0 Å². The van der Waals surface area contributed by atoms with Crippen LogP contribution in [0.5, 0.6) is 5.75 Å². The number of aliphatic hydroxyl groups is 1. The van der Waals surface area contributed by atoms with E-state index in [1.54, 1.807) is 0 Å². The summed E-state index contributed by atoms with van der Waals surface area (Å²) in [4.78, 5) is 0. The Balaban J connectivity index is 2.29. The second-order valence-corrected chi connectivity index (χ2v) is 4.14. The van der Waals surface area contributed by atoms with Crippen molar-refractivity contribution in [2.45, 2.75) is 25.9 Å². The third-order valence-corrected chi connectivity index (χ3v) is 2.60. The minimum atomic E-state index is -0.630. The largest absolute Gasteiger partial charge is 0.491 e. The van der Waals surface area contributed by atoms with E-state index in [0.29, 0.717) is 13.2 Å². The molecule has 1 atom stereocenters. The average Bonchev–Trinajstić information content (AvgIpc) is 2.42. The van der Waals surface area contributed by atoms with E-state index >= 15 is 0 Å². The number of aliphatic hydroxyl groups excluding tert-OH is 1. The van der Waals surface area contributed by atoms with Gasteiger partial charge in [0.05, 0.1) is 12.7 Å². The van der Waals surface area contributed by atoms with Gasteiger partial charge in [-0.15, -0.1) is 0 Å². The molecule has 0 aromatic heterocycles. The van der Waals surface area contributed by atoms with Crippen LogP contribution in [0.2, 0.25) is 0 Å². The Morgan fingerprint density at radius 3 is 2.83 bits per heavy atom. The van der Waals surface area contributed by atoms with E-state index in [1.807, 2.05) is 24.3 Å². The van der Waals surface area contributed by atoms with Crippen LogP contribution >= 0.6 is 0 Å². The molecular formula is C14H23NO3. The fraction of sp³-hybridized carbons (Fsp3) is 0.571. The first-order chi connectivity index (χ1) is 8.77. The molecule has 0 amide bonds. The van der Waals surface area contributed by atoms with E-state index in [0.717, 1.165) is 30.8 Å². The lowest BCUT2D eigenvalue weighted by molar-refractivity contribution is 0.0979. The van der Waals surface area contributed by atoms with Gasteiger partial charge in [-0.25, -0.2) is 0 Å². The van der Waals surface area contributed by atoms with Crippen molar-refractivity contribution in [3.05, 3.63) is 29.8 Å². The molecule has 0 saturated carbocycles. The van der Waals surface area contributed by atoms with Crippen molar-refractivity contribution in [1.82, 2.24) is 0 Å². The number of hydrogen-bond donors (Lipinski definition) is 2. The van der Waals surface area contributed by atoms with Crippen LogP contribution in [0, 0.1) is 0 Å². The monoisotopic (exact) mass is 253 g/mol. The van der Waals surface area contributed by atoms with Crippen LogP contribution in [0.15, 0.2) is 24.3 Å². The predicted molar refractivity (Wildman–Crippen MR) is 71.7 cm³/mol. The molecule has 1 rings (SSSR count). The molecule has 0 unspecified atom stereocenters. The Labute approximate surface area is 109 Å². The average molecular weight is 253 g/mol. The highest BCUT2D eigenvalue weighted by Gasteiger charge is 2.05. The highest BCUT2D eigenvalue weighted by atomic mass is 16.5. The summed E-state index contributed by atoms with van der Waals surface area (Å²) in [6.45, 7) is 4.24. The van der Waals surface area contributed by atoms with Gasteiger partial charge >= 0.3 is 0 Å². The van der Waals surface area contributed by atoms with E-state index < -0.39 is 6.10 Å². The van der Waals surface area contributed by atoms with Gasteiger partial charge in [0, 0.05) is 13.2 Å². The highest BCUT2D eigenvalue weighted by molar-refractivity contribution is 5.30. The maximum atomic E-state index is 9.62. The summed E-state index contributed by atoms with van der Waals surface area (Å²) in [5.74, 6) is 0.735. The molecule has 0 aliphatic heterocycles. The first kappa shape index (κ1) is 15.0. The van der Waals surface area contributed by atoms with E-state index in [4.69, 9.17) is 15.2 Å². The molecule has 0 heterocycles. The zero-order chi connectivity index (χ0) is 13.2. The van der Waals surface area contributed by atoms with Crippen LogP contribution < -0.4 is 10.5 Å². The van der Waals surface area contributed by atoms with E-state index in [9.17, 15) is 5.11 Å². The molecule has 0 fully saturated rings.